The van der Waals surface area contributed by atoms with Gasteiger partial charge >= 0.3 is 0 Å². The summed E-state index contributed by atoms with van der Waals surface area (Å²) in [5, 5.41) is 8.94. The summed E-state index contributed by atoms with van der Waals surface area (Å²) in [7, 11) is 0. The molecule has 0 aromatic heterocycles. The Morgan fingerprint density at radius 1 is 0.378 bits per heavy atom. The zero-order valence-electron chi connectivity index (χ0n) is 26.1. The molecule has 0 spiro atoms. The number of rotatable bonds is 5. The molecule has 6 aromatic rings. The van der Waals surface area contributed by atoms with Crippen molar-refractivity contribution in [3.63, 3.8) is 0 Å². The first-order valence-electron chi connectivity index (χ1n) is 15.7. The van der Waals surface area contributed by atoms with Gasteiger partial charge in [-0.15, -0.1) is 0 Å². The first-order valence-corrected chi connectivity index (χ1v) is 15.7. The Balaban J connectivity index is 1.25. The molecule has 2 aliphatic carbocycles. The molecule has 0 amide bonds. The normalized spacial score (nSPS) is 14.9. The Labute approximate surface area is 265 Å². The van der Waals surface area contributed by atoms with Crippen LogP contribution in [0, 0.1) is 0 Å². The van der Waals surface area contributed by atoms with Crippen LogP contribution < -0.4 is 4.90 Å². The molecule has 0 unspecified atom stereocenters. The summed E-state index contributed by atoms with van der Waals surface area (Å²) >= 11 is 0. The third kappa shape index (κ3) is 4.34. The lowest BCUT2D eigenvalue weighted by atomic mass is 9.82. The van der Waals surface area contributed by atoms with Gasteiger partial charge < -0.3 is 4.90 Å². The van der Waals surface area contributed by atoms with E-state index in [4.69, 9.17) is 0 Å². The second-order valence-electron chi connectivity index (χ2n) is 13.2. The summed E-state index contributed by atoms with van der Waals surface area (Å²) in [6.45, 7) is 9.36. The van der Waals surface area contributed by atoms with Gasteiger partial charge in [0.05, 0.1) is 11.4 Å². The van der Waals surface area contributed by atoms with Crippen LogP contribution in [0.4, 0.5) is 28.4 Å². The molecule has 6 aromatic carbocycles. The van der Waals surface area contributed by atoms with Crippen molar-refractivity contribution in [1.29, 1.82) is 0 Å². The van der Waals surface area contributed by atoms with Crippen LogP contribution in [-0.2, 0) is 10.8 Å². The van der Waals surface area contributed by atoms with Crippen LogP contribution in [0.15, 0.2) is 150 Å². The highest BCUT2D eigenvalue weighted by Gasteiger charge is 2.37. The molecule has 218 valence electrons. The minimum absolute atomic E-state index is 0.0865. The van der Waals surface area contributed by atoms with Gasteiger partial charge in [-0.25, -0.2) is 0 Å². The van der Waals surface area contributed by atoms with Gasteiger partial charge in [0.15, 0.2) is 0 Å². The number of anilines is 3. The maximum atomic E-state index is 4.51. The maximum Gasteiger partial charge on any atom is 0.0858 e. The van der Waals surface area contributed by atoms with Gasteiger partial charge in [-0.05, 0) is 105 Å². The van der Waals surface area contributed by atoms with Crippen molar-refractivity contribution in [1.82, 2.24) is 0 Å². The van der Waals surface area contributed by atoms with E-state index in [9.17, 15) is 0 Å². The highest BCUT2D eigenvalue weighted by molar-refractivity contribution is 5.88. The Bertz CT molecular complexity index is 2000. The average molecular weight is 582 g/mol. The van der Waals surface area contributed by atoms with Crippen molar-refractivity contribution >= 4 is 28.4 Å². The fourth-order valence-corrected chi connectivity index (χ4v) is 7.39. The number of nitrogens with zero attached hydrogens (tertiary/aromatic N) is 3. The Morgan fingerprint density at radius 3 is 1.29 bits per heavy atom. The molecule has 0 radical (unpaired) electrons. The van der Waals surface area contributed by atoms with Gasteiger partial charge in [-0.2, -0.15) is 10.2 Å². The van der Waals surface area contributed by atoms with E-state index in [0.717, 1.165) is 28.4 Å². The van der Waals surface area contributed by atoms with E-state index in [2.05, 4.69) is 152 Å². The summed E-state index contributed by atoms with van der Waals surface area (Å²) in [5.74, 6) is 0. The lowest BCUT2D eigenvalue weighted by Crippen LogP contribution is -2.18. The standard InChI is InChI=1S/C42H35N3/c1-41(2)37-16-10-8-14-33(37)35-24-22-31(26-39(35)41)45(30-20-18-29(19-21-30)44-43-28-12-6-5-7-13-28)32-23-25-36-34-15-9-11-17-38(34)42(3,4)40(36)27-32/h5-27H,1-4H3/b44-43+. The number of hydrogen-bond donors (Lipinski definition) is 0. The molecule has 0 bridgehead atoms. The van der Waals surface area contributed by atoms with E-state index in [-0.39, 0.29) is 10.8 Å². The fourth-order valence-electron chi connectivity index (χ4n) is 7.39. The van der Waals surface area contributed by atoms with Crippen molar-refractivity contribution in [3.05, 3.63) is 162 Å². The van der Waals surface area contributed by atoms with Crippen LogP contribution in [-0.4, -0.2) is 0 Å². The molecule has 0 saturated heterocycles. The molecule has 0 fully saturated rings. The number of hydrogen-bond acceptors (Lipinski definition) is 3. The van der Waals surface area contributed by atoms with Crippen molar-refractivity contribution in [2.75, 3.05) is 4.90 Å². The lowest BCUT2D eigenvalue weighted by Gasteiger charge is -2.29. The summed E-state index contributed by atoms with van der Waals surface area (Å²) in [6, 6.07) is 49.9. The molecule has 0 N–H and O–H groups in total. The second kappa shape index (κ2) is 10.1. The predicted octanol–water partition coefficient (Wildman–Crippen LogP) is 12.2. The topological polar surface area (TPSA) is 28.0 Å². The summed E-state index contributed by atoms with van der Waals surface area (Å²) in [6.07, 6.45) is 0. The van der Waals surface area contributed by atoms with E-state index in [0.29, 0.717) is 0 Å². The third-order valence-electron chi connectivity index (χ3n) is 9.80. The van der Waals surface area contributed by atoms with E-state index >= 15 is 0 Å². The number of azo groups is 1. The molecule has 3 nitrogen and oxygen atoms in total. The molecule has 2 aliphatic rings. The highest BCUT2D eigenvalue weighted by Crippen LogP contribution is 2.53. The van der Waals surface area contributed by atoms with Crippen molar-refractivity contribution in [2.45, 2.75) is 38.5 Å². The monoisotopic (exact) mass is 581 g/mol. The Morgan fingerprint density at radius 2 is 0.778 bits per heavy atom. The minimum atomic E-state index is -0.0865. The molecule has 0 atom stereocenters. The van der Waals surface area contributed by atoms with Crippen molar-refractivity contribution in [2.24, 2.45) is 10.2 Å². The van der Waals surface area contributed by atoms with Gasteiger partial charge in [0.1, 0.15) is 0 Å². The van der Waals surface area contributed by atoms with Gasteiger partial charge in [-0.1, -0.05) is 107 Å². The van der Waals surface area contributed by atoms with Gasteiger partial charge in [0.25, 0.3) is 0 Å². The first-order chi connectivity index (χ1) is 21.8. The smallest absolute Gasteiger partial charge is 0.0858 e. The average Bonchev–Trinajstić information content (AvgIpc) is 3.44. The highest BCUT2D eigenvalue weighted by atomic mass is 15.1. The molecular weight excluding hydrogens is 546 g/mol. The largest absolute Gasteiger partial charge is 0.310 e. The van der Waals surface area contributed by atoms with E-state index in [1.807, 2.05) is 30.3 Å². The van der Waals surface area contributed by atoms with Crippen LogP contribution in [0.5, 0.6) is 0 Å². The maximum absolute atomic E-state index is 4.51. The van der Waals surface area contributed by atoms with E-state index in [1.165, 1.54) is 44.5 Å². The summed E-state index contributed by atoms with van der Waals surface area (Å²) < 4.78 is 0. The van der Waals surface area contributed by atoms with E-state index in [1.54, 1.807) is 0 Å². The van der Waals surface area contributed by atoms with Gasteiger partial charge in [0, 0.05) is 27.9 Å². The number of fused-ring (bicyclic) bond motifs is 6. The first kappa shape index (κ1) is 27.3. The Kier molecular flexibility index (Phi) is 6.15. The summed E-state index contributed by atoms with van der Waals surface area (Å²) in [4.78, 5) is 2.39. The lowest BCUT2D eigenvalue weighted by molar-refractivity contribution is 0.660. The zero-order chi connectivity index (χ0) is 30.8. The Hall–Kier alpha value is -5.28. The molecule has 45 heavy (non-hydrogen) atoms. The van der Waals surface area contributed by atoms with Crippen LogP contribution in [0.3, 0.4) is 0 Å². The van der Waals surface area contributed by atoms with Crippen molar-refractivity contribution in [3.8, 4) is 22.3 Å². The van der Waals surface area contributed by atoms with Gasteiger partial charge in [-0.3, -0.25) is 0 Å². The second-order valence-corrected chi connectivity index (χ2v) is 13.2. The molecule has 3 heteroatoms. The van der Waals surface area contributed by atoms with Crippen LogP contribution in [0.2, 0.25) is 0 Å². The number of benzene rings is 6. The van der Waals surface area contributed by atoms with Crippen LogP contribution in [0.1, 0.15) is 49.9 Å². The van der Waals surface area contributed by atoms with Crippen molar-refractivity contribution < 1.29 is 0 Å². The minimum Gasteiger partial charge on any atom is -0.310 e. The van der Waals surface area contributed by atoms with Gasteiger partial charge in [0.2, 0.25) is 0 Å². The third-order valence-corrected chi connectivity index (χ3v) is 9.80. The SMILES string of the molecule is CC1(C)c2ccccc2-c2ccc(N(c3ccc(/N=N/c4ccccc4)cc3)c3ccc4c(c3)C(C)(C)c3ccccc3-4)cc21. The van der Waals surface area contributed by atoms with Crippen LogP contribution >= 0.6 is 0 Å². The zero-order valence-corrected chi connectivity index (χ0v) is 26.1. The fraction of sp³-hybridized carbons (Fsp3) is 0.143. The molecular formula is C42H35N3. The molecule has 0 heterocycles. The quantitative estimate of drug-likeness (QED) is 0.186. The predicted molar refractivity (Wildman–Crippen MR) is 187 cm³/mol. The molecule has 0 saturated carbocycles. The van der Waals surface area contributed by atoms with Crippen LogP contribution in [0.25, 0.3) is 22.3 Å². The van der Waals surface area contributed by atoms with E-state index < -0.39 is 0 Å². The molecule has 0 aliphatic heterocycles. The molecule has 8 rings (SSSR count). The summed E-state index contributed by atoms with van der Waals surface area (Å²) in [5.41, 5.74) is 15.6.